The van der Waals surface area contributed by atoms with Crippen LogP contribution in [0.2, 0.25) is 0 Å². The molecule has 1 fully saturated rings. The molecular formula is C14H31N3. The summed E-state index contributed by atoms with van der Waals surface area (Å²) in [5.41, 5.74) is 5.99. The molecule has 0 unspecified atom stereocenters. The minimum atomic E-state index is -0.00556. The molecule has 0 aromatic heterocycles. The molecule has 0 aromatic carbocycles. The van der Waals surface area contributed by atoms with E-state index >= 15 is 0 Å². The van der Waals surface area contributed by atoms with Gasteiger partial charge in [0.25, 0.3) is 0 Å². The van der Waals surface area contributed by atoms with E-state index in [9.17, 15) is 0 Å². The van der Waals surface area contributed by atoms with Crippen molar-refractivity contribution in [3.05, 3.63) is 0 Å². The second kappa shape index (κ2) is 6.72. The molecular weight excluding hydrogens is 210 g/mol. The maximum Gasteiger partial charge on any atom is 0.00975 e. The zero-order valence-electron chi connectivity index (χ0n) is 12.2. The molecule has 1 aliphatic rings. The molecule has 0 aliphatic carbocycles. The Kier molecular flexibility index (Phi) is 5.90. The maximum absolute atomic E-state index is 6.00. The highest BCUT2D eigenvalue weighted by Crippen LogP contribution is 2.17. The van der Waals surface area contributed by atoms with Crippen molar-refractivity contribution < 1.29 is 0 Å². The summed E-state index contributed by atoms with van der Waals surface area (Å²) in [6.07, 6.45) is 5.06. The van der Waals surface area contributed by atoms with Crippen molar-refractivity contribution in [1.29, 1.82) is 0 Å². The molecule has 0 spiro atoms. The van der Waals surface area contributed by atoms with E-state index in [1.165, 1.54) is 45.4 Å². The Hall–Kier alpha value is -0.120. The minimum absolute atomic E-state index is 0.00556. The van der Waals surface area contributed by atoms with E-state index in [0.29, 0.717) is 0 Å². The number of piperidine rings is 1. The number of hydrogen-bond donors (Lipinski definition) is 1. The van der Waals surface area contributed by atoms with Crippen LogP contribution in [0.15, 0.2) is 0 Å². The van der Waals surface area contributed by atoms with E-state index in [1.54, 1.807) is 0 Å². The molecule has 0 atom stereocenters. The SMILES string of the molecule is CN1CCC(CN(C)CCCC(C)(C)N)CC1. The standard InChI is InChI=1S/C14H31N3/c1-14(2,15)8-5-9-17(4)12-13-6-10-16(3)11-7-13/h13H,5-12,15H2,1-4H3. The quantitative estimate of drug-likeness (QED) is 0.769. The van der Waals surface area contributed by atoms with Gasteiger partial charge in [0.1, 0.15) is 0 Å². The van der Waals surface area contributed by atoms with Gasteiger partial charge in [0, 0.05) is 12.1 Å². The van der Waals surface area contributed by atoms with Crippen molar-refractivity contribution in [3.63, 3.8) is 0 Å². The summed E-state index contributed by atoms with van der Waals surface area (Å²) in [7, 11) is 4.48. The van der Waals surface area contributed by atoms with Crippen molar-refractivity contribution in [1.82, 2.24) is 9.80 Å². The van der Waals surface area contributed by atoms with Gasteiger partial charge in [-0.15, -0.1) is 0 Å². The molecule has 1 saturated heterocycles. The molecule has 0 radical (unpaired) electrons. The Morgan fingerprint density at radius 2 is 1.88 bits per heavy atom. The summed E-state index contributed by atoms with van der Waals surface area (Å²) >= 11 is 0. The third-order valence-electron chi connectivity index (χ3n) is 3.77. The Morgan fingerprint density at radius 3 is 2.41 bits per heavy atom. The lowest BCUT2D eigenvalue weighted by atomic mass is 9.96. The van der Waals surface area contributed by atoms with Crippen LogP contribution in [0.1, 0.15) is 39.5 Å². The molecule has 1 rings (SSSR count). The highest BCUT2D eigenvalue weighted by Gasteiger charge is 2.18. The predicted molar refractivity (Wildman–Crippen MR) is 75.2 cm³/mol. The summed E-state index contributed by atoms with van der Waals surface area (Å²) in [6.45, 7) is 9.22. The normalized spacial score (nSPS) is 20.1. The van der Waals surface area contributed by atoms with Crippen LogP contribution in [-0.2, 0) is 0 Å². The molecule has 2 N–H and O–H groups in total. The van der Waals surface area contributed by atoms with Crippen molar-refractivity contribution in [2.75, 3.05) is 40.3 Å². The first-order valence-corrected chi connectivity index (χ1v) is 7.03. The average molecular weight is 241 g/mol. The van der Waals surface area contributed by atoms with Gasteiger partial charge in [-0.25, -0.2) is 0 Å². The van der Waals surface area contributed by atoms with E-state index in [2.05, 4.69) is 37.7 Å². The van der Waals surface area contributed by atoms with Crippen molar-refractivity contribution in [2.45, 2.75) is 45.1 Å². The van der Waals surface area contributed by atoms with Crippen LogP contribution in [0.4, 0.5) is 0 Å². The number of rotatable bonds is 6. The lowest BCUT2D eigenvalue weighted by Gasteiger charge is -2.32. The fourth-order valence-electron chi connectivity index (χ4n) is 2.58. The van der Waals surface area contributed by atoms with Gasteiger partial charge in [-0.2, -0.15) is 0 Å². The van der Waals surface area contributed by atoms with Gasteiger partial charge < -0.3 is 15.5 Å². The van der Waals surface area contributed by atoms with Crippen LogP contribution < -0.4 is 5.73 Å². The van der Waals surface area contributed by atoms with E-state index in [4.69, 9.17) is 5.73 Å². The first kappa shape index (κ1) is 14.9. The van der Waals surface area contributed by atoms with Crippen LogP contribution in [-0.4, -0.2) is 55.6 Å². The fourth-order valence-corrected chi connectivity index (χ4v) is 2.58. The third kappa shape index (κ3) is 7.02. The summed E-state index contributed by atoms with van der Waals surface area (Å²) in [6, 6.07) is 0. The first-order valence-electron chi connectivity index (χ1n) is 7.03. The van der Waals surface area contributed by atoms with Gasteiger partial charge in [-0.3, -0.25) is 0 Å². The van der Waals surface area contributed by atoms with Crippen LogP contribution >= 0.6 is 0 Å². The zero-order valence-corrected chi connectivity index (χ0v) is 12.2. The third-order valence-corrected chi connectivity index (χ3v) is 3.77. The van der Waals surface area contributed by atoms with Crippen molar-refractivity contribution in [3.8, 4) is 0 Å². The molecule has 3 nitrogen and oxygen atoms in total. The molecule has 3 heteroatoms. The van der Waals surface area contributed by atoms with Gasteiger partial charge >= 0.3 is 0 Å². The Bertz CT molecular complexity index is 202. The van der Waals surface area contributed by atoms with E-state index in [0.717, 1.165) is 12.3 Å². The second-order valence-electron chi connectivity index (χ2n) is 6.60. The molecule has 0 bridgehead atoms. The summed E-state index contributed by atoms with van der Waals surface area (Å²) in [5, 5.41) is 0. The number of hydrogen-bond acceptors (Lipinski definition) is 3. The number of nitrogens with zero attached hydrogens (tertiary/aromatic N) is 2. The second-order valence-corrected chi connectivity index (χ2v) is 6.60. The topological polar surface area (TPSA) is 32.5 Å². The van der Waals surface area contributed by atoms with Gasteiger partial charge in [-0.05, 0) is 79.2 Å². The lowest BCUT2D eigenvalue weighted by Crippen LogP contribution is -2.37. The zero-order chi connectivity index (χ0) is 12.9. The summed E-state index contributed by atoms with van der Waals surface area (Å²) in [4.78, 5) is 4.93. The van der Waals surface area contributed by atoms with Gasteiger partial charge in [0.2, 0.25) is 0 Å². The van der Waals surface area contributed by atoms with Gasteiger partial charge in [0.05, 0.1) is 0 Å². The molecule has 17 heavy (non-hydrogen) atoms. The fraction of sp³-hybridized carbons (Fsp3) is 1.00. The number of nitrogens with two attached hydrogens (primary N) is 1. The molecule has 102 valence electrons. The average Bonchev–Trinajstić information content (AvgIpc) is 2.19. The highest BCUT2D eigenvalue weighted by atomic mass is 15.1. The first-order chi connectivity index (χ1) is 7.87. The van der Waals surface area contributed by atoms with E-state index < -0.39 is 0 Å². The Labute approximate surface area is 107 Å². The predicted octanol–water partition coefficient (Wildman–Crippen LogP) is 1.78. The van der Waals surface area contributed by atoms with Gasteiger partial charge in [0.15, 0.2) is 0 Å². The summed E-state index contributed by atoms with van der Waals surface area (Å²) < 4.78 is 0. The van der Waals surface area contributed by atoms with Crippen LogP contribution in [0.25, 0.3) is 0 Å². The Morgan fingerprint density at radius 1 is 1.29 bits per heavy atom. The molecule has 1 aliphatic heterocycles. The van der Waals surface area contributed by atoms with E-state index in [1.807, 2.05) is 0 Å². The van der Waals surface area contributed by atoms with Crippen LogP contribution in [0.5, 0.6) is 0 Å². The monoisotopic (exact) mass is 241 g/mol. The summed E-state index contributed by atoms with van der Waals surface area (Å²) in [5.74, 6) is 0.905. The van der Waals surface area contributed by atoms with Crippen LogP contribution in [0.3, 0.4) is 0 Å². The molecule has 0 amide bonds. The van der Waals surface area contributed by atoms with Crippen molar-refractivity contribution >= 4 is 0 Å². The number of likely N-dealkylation sites (tertiary alicyclic amines) is 1. The highest BCUT2D eigenvalue weighted by molar-refractivity contribution is 4.74. The van der Waals surface area contributed by atoms with E-state index in [-0.39, 0.29) is 5.54 Å². The maximum atomic E-state index is 6.00. The lowest BCUT2D eigenvalue weighted by molar-refractivity contribution is 0.174. The minimum Gasteiger partial charge on any atom is -0.326 e. The Balaban J connectivity index is 2.10. The van der Waals surface area contributed by atoms with Crippen LogP contribution in [0, 0.1) is 5.92 Å². The largest absolute Gasteiger partial charge is 0.326 e. The molecule has 0 aromatic rings. The molecule has 1 heterocycles. The molecule has 0 saturated carbocycles. The van der Waals surface area contributed by atoms with Crippen molar-refractivity contribution in [2.24, 2.45) is 11.7 Å². The van der Waals surface area contributed by atoms with Gasteiger partial charge in [-0.1, -0.05) is 0 Å². The smallest absolute Gasteiger partial charge is 0.00975 e.